The van der Waals surface area contributed by atoms with Crippen LogP contribution in [0.25, 0.3) is 21.5 Å². The second kappa shape index (κ2) is 27.6. The van der Waals surface area contributed by atoms with E-state index in [2.05, 4.69) is 46.0 Å². The summed E-state index contributed by atoms with van der Waals surface area (Å²) in [7, 11) is -18.9. The molecule has 1 heterocycles. The first-order chi connectivity index (χ1) is 34.3. The predicted octanol–water partition coefficient (Wildman–Crippen LogP) is -7.65. The van der Waals surface area contributed by atoms with Gasteiger partial charge in [0.1, 0.15) is 74.7 Å². The SMILES string of the molecule is COc1ccc(N=Nc2c(S(=O)(=O)[O-])cc3cc(Nc4nc(Nc5ccc6cc(S(=O)(=O)[O-])c(N=Nc7ccc(OC)cc7S(=O)(=O)[O-])c(O)c6c5)nc(N(CCO)CCO)n4)ccc3c2O)c(S(=O)(=O)[O-])c1.[Na+].[Na+].[Na+].[Na+]. The molecule has 0 aliphatic carbocycles. The maximum atomic E-state index is 12.5. The standard InChI is InChI=1S/C41H38N10O18S4.4Na/c1-68-25-6-9-29(31(19-25)70(56,57)58)47-49-35-34(73(65,66)67)17-22-15-23(5-8-27(22)37(35)54)42-39-44-40(46-41(45-39)51(11-13-52)12-14-53)43-24-4-3-21-16-33(72(62,63)64)36(38(55)28(21)18-24)50-48-30-10-7-26(69-2)20-32(30)71(59,60)61;;;;/h3-10,15-20,52-55H,11-14H2,1-2H3,(H,56,57,58)(H,59,60,61)(H,62,63,64)(H,65,66,67)(H2,42,43,44,45,46);;;;/q;4*+1/p-4. The van der Waals surface area contributed by atoms with Crippen molar-refractivity contribution in [1.82, 2.24) is 15.0 Å². The minimum atomic E-state index is -5.46. The zero-order valence-electron chi connectivity index (χ0n) is 41.1. The molecule has 6 N–H and O–H groups in total. The zero-order valence-corrected chi connectivity index (χ0v) is 52.4. The summed E-state index contributed by atoms with van der Waals surface area (Å²) in [5.41, 5.74) is -2.81. The fraction of sp³-hybridized carbons (Fsp3) is 0.146. The monoisotopic (exact) mass is 1170 g/mol. The summed E-state index contributed by atoms with van der Waals surface area (Å²) < 4.78 is 157. The Labute approximate surface area is 526 Å². The number of hydrogen-bond acceptors (Lipinski definition) is 28. The number of aliphatic hydroxyl groups excluding tert-OH is 2. The Morgan fingerprint density at radius 1 is 0.506 bits per heavy atom. The number of hydrogen-bond donors (Lipinski definition) is 6. The average molecular weight is 1180 g/mol. The smallest absolute Gasteiger partial charge is 0.744 e. The maximum Gasteiger partial charge on any atom is 1.00 e. The van der Waals surface area contributed by atoms with Crippen molar-refractivity contribution in [3.05, 3.63) is 84.9 Å². The summed E-state index contributed by atoms with van der Waals surface area (Å²) in [5.74, 6) is -2.56. The summed E-state index contributed by atoms with van der Waals surface area (Å²) in [5, 5.41) is 62.3. The molecule has 77 heavy (non-hydrogen) atoms. The topological polar surface area (TPSA) is 444 Å². The van der Waals surface area contributed by atoms with Gasteiger partial charge in [-0.2, -0.15) is 15.0 Å². The number of fused-ring (bicyclic) bond motifs is 2. The van der Waals surface area contributed by atoms with E-state index in [0.29, 0.717) is 0 Å². The van der Waals surface area contributed by atoms with Crippen LogP contribution in [-0.2, 0) is 40.5 Å². The molecule has 0 saturated carbocycles. The first-order valence-corrected chi connectivity index (χ1v) is 25.9. The number of methoxy groups -OCH3 is 2. The van der Waals surface area contributed by atoms with Crippen LogP contribution in [0.2, 0.25) is 0 Å². The molecule has 7 rings (SSSR count). The molecule has 0 atom stereocenters. The average Bonchev–Trinajstić information content (AvgIpc) is 3.32. The van der Waals surface area contributed by atoms with Gasteiger partial charge in [0.15, 0.2) is 11.5 Å². The van der Waals surface area contributed by atoms with E-state index in [1.165, 1.54) is 67.7 Å². The van der Waals surface area contributed by atoms with E-state index < -0.39 is 108 Å². The van der Waals surface area contributed by atoms with Gasteiger partial charge in [0.25, 0.3) is 0 Å². The first-order valence-electron chi connectivity index (χ1n) is 20.2. The first kappa shape index (κ1) is 67.5. The van der Waals surface area contributed by atoms with Crippen LogP contribution in [0.15, 0.2) is 125 Å². The molecule has 0 radical (unpaired) electrons. The summed E-state index contributed by atoms with van der Waals surface area (Å²) in [6, 6.07) is 15.6. The van der Waals surface area contributed by atoms with E-state index >= 15 is 0 Å². The Balaban J connectivity index is 0.00000390. The predicted molar refractivity (Wildman–Crippen MR) is 250 cm³/mol. The van der Waals surface area contributed by atoms with Crippen LogP contribution in [0.3, 0.4) is 0 Å². The summed E-state index contributed by atoms with van der Waals surface area (Å²) >= 11 is 0. The van der Waals surface area contributed by atoms with Crippen molar-refractivity contribution < 1.29 is 200 Å². The molecule has 0 amide bonds. The molecular weight excluding hydrogens is 1140 g/mol. The van der Waals surface area contributed by atoms with Crippen molar-refractivity contribution in [3.8, 4) is 23.0 Å². The molecule has 28 nitrogen and oxygen atoms in total. The van der Waals surface area contributed by atoms with Gasteiger partial charge in [0.2, 0.25) is 17.8 Å². The molecule has 0 bridgehead atoms. The molecule has 0 spiro atoms. The largest absolute Gasteiger partial charge is 1.00 e. The molecule has 0 aliphatic rings. The van der Waals surface area contributed by atoms with Gasteiger partial charge in [0.05, 0.1) is 47.0 Å². The minimum absolute atomic E-state index is 0. The van der Waals surface area contributed by atoms with Gasteiger partial charge < -0.3 is 63.6 Å². The van der Waals surface area contributed by atoms with Gasteiger partial charge in [-0.05, 0) is 89.6 Å². The molecule has 384 valence electrons. The van der Waals surface area contributed by atoms with Crippen LogP contribution in [0.4, 0.5) is 52.0 Å². The molecule has 7 aromatic rings. The quantitative estimate of drug-likeness (QED) is 0.0249. The fourth-order valence-electron chi connectivity index (χ4n) is 6.87. The van der Waals surface area contributed by atoms with E-state index in [4.69, 9.17) is 9.47 Å². The van der Waals surface area contributed by atoms with E-state index in [1.54, 1.807) is 0 Å². The molecule has 0 unspecified atom stereocenters. The van der Waals surface area contributed by atoms with Crippen molar-refractivity contribution in [2.75, 3.05) is 56.1 Å². The number of azo groups is 2. The number of aromatic hydroxyl groups is 2. The van der Waals surface area contributed by atoms with Gasteiger partial charge in [0, 0.05) is 35.2 Å². The molecule has 0 fully saturated rings. The molecule has 36 heteroatoms. The van der Waals surface area contributed by atoms with E-state index in [0.717, 1.165) is 36.4 Å². The number of anilines is 5. The van der Waals surface area contributed by atoms with Crippen molar-refractivity contribution in [3.63, 3.8) is 0 Å². The second-order valence-electron chi connectivity index (χ2n) is 14.9. The Kier molecular flexibility index (Phi) is 24.2. The Morgan fingerprint density at radius 2 is 0.922 bits per heavy atom. The number of rotatable bonds is 19. The summed E-state index contributed by atoms with van der Waals surface area (Å²) in [4.78, 5) is 10.5. The number of benzene rings is 6. The third-order valence-corrected chi connectivity index (χ3v) is 13.6. The Bertz CT molecular complexity index is 3880. The van der Waals surface area contributed by atoms with Gasteiger partial charge in [-0.25, -0.2) is 33.7 Å². The van der Waals surface area contributed by atoms with Crippen LogP contribution in [0, 0.1) is 0 Å². The van der Waals surface area contributed by atoms with Gasteiger partial charge in [-0.15, -0.1) is 20.5 Å². The van der Waals surface area contributed by atoms with E-state index in [-0.39, 0.29) is 194 Å². The number of nitrogens with one attached hydrogen (secondary N) is 2. The number of phenolic OH excluding ortho intramolecular Hbond substituents is 2. The molecule has 0 saturated heterocycles. The van der Waals surface area contributed by atoms with E-state index in [9.17, 15) is 72.3 Å². The molecule has 1 aromatic heterocycles. The van der Waals surface area contributed by atoms with Crippen molar-refractivity contribution in [2.24, 2.45) is 20.5 Å². The fourth-order valence-corrected chi connectivity index (χ4v) is 9.41. The van der Waals surface area contributed by atoms with Crippen LogP contribution in [0.1, 0.15) is 0 Å². The molecular formula is C41H34N10Na4O18S4. The maximum absolute atomic E-state index is 12.5. The minimum Gasteiger partial charge on any atom is -0.744 e. The van der Waals surface area contributed by atoms with Crippen LogP contribution < -0.4 is 143 Å². The van der Waals surface area contributed by atoms with Crippen LogP contribution in [0.5, 0.6) is 23.0 Å². The number of phenols is 2. The van der Waals surface area contributed by atoms with Crippen LogP contribution >= 0.6 is 0 Å². The number of aromatic nitrogens is 3. The second-order valence-corrected chi connectivity index (χ2v) is 20.3. The van der Waals surface area contributed by atoms with Crippen molar-refractivity contribution in [1.29, 1.82) is 0 Å². The third kappa shape index (κ3) is 16.2. The van der Waals surface area contributed by atoms with E-state index in [1.807, 2.05) is 0 Å². The summed E-state index contributed by atoms with van der Waals surface area (Å²) in [6.07, 6.45) is 0. The van der Waals surface area contributed by atoms with Crippen molar-refractivity contribution >= 4 is 114 Å². The summed E-state index contributed by atoms with van der Waals surface area (Å²) in [6.45, 7) is -1.09. The van der Waals surface area contributed by atoms with Gasteiger partial charge in [-0.3, -0.25) is 0 Å². The normalized spacial score (nSPS) is 11.8. The van der Waals surface area contributed by atoms with Crippen LogP contribution in [-0.4, -0.2) is 128 Å². The van der Waals surface area contributed by atoms with Crippen molar-refractivity contribution in [2.45, 2.75) is 19.6 Å². The third-order valence-electron chi connectivity index (χ3n) is 10.2. The Morgan fingerprint density at radius 3 is 1.35 bits per heavy atom. The number of aliphatic hydroxyl groups is 2. The molecule has 6 aromatic carbocycles. The number of ether oxygens (including phenoxy) is 2. The zero-order chi connectivity index (χ0) is 53.2. The molecule has 0 aliphatic heterocycles. The van der Waals surface area contributed by atoms with Gasteiger partial charge in [-0.1, -0.05) is 6.07 Å². The Hall–Kier alpha value is -3.79. The van der Waals surface area contributed by atoms with Gasteiger partial charge >= 0.3 is 118 Å². The number of nitrogens with zero attached hydrogens (tertiary/aromatic N) is 8.